The molecule has 4 nitrogen and oxygen atoms in total. The molecule has 0 aromatic heterocycles. The molecule has 1 aliphatic carbocycles. The molecule has 0 bridgehead atoms. The van der Waals surface area contributed by atoms with Crippen molar-refractivity contribution < 1.29 is 13.7 Å². The summed E-state index contributed by atoms with van der Waals surface area (Å²) < 4.78 is 17.8. The molecule has 0 saturated heterocycles. The minimum absolute atomic E-state index is 0.100. The van der Waals surface area contributed by atoms with Gasteiger partial charge in [-0.15, -0.1) is 0 Å². The minimum atomic E-state index is -1.26. The number of rotatable bonds is 6. The van der Waals surface area contributed by atoms with Crippen LogP contribution in [0.15, 0.2) is 18.2 Å². The summed E-state index contributed by atoms with van der Waals surface area (Å²) in [5.41, 5.74) is 1.98. The van der Waals surface area contributed by atoms with Gasteiger partial charge in [0.2, 0.25) is 5.91 Å². The van der Waals surface area contributed by atoms with Gasteiger partial charge in [0.05, 0.1) is 12.9 Å². The van der Waals surface area contributed by atoms with Crippen LogP contribution < -0.4 is 10.1 Å². The van der Waals surface area contributed by atoms with Gasteiger partial charge in [0.25, 0.3) is 0 Å². The van der Waals surface area contributed by atoms with E-state index in [0.29, 0.717) is 5.75 Å². The Morgan fingerprint density at radius 2 is 2.09 bits per heavy atom. The van der Waals surface area contributed by atoms with Crippen LogP contribution in [0.2, 0.25) is 0 Å². The topological polar surface area (TPSA) is 55.4 Å². The average molecular weight is 323 g/mol. The highest BCUT2D eigenvalue weighted by Gasteiger charge is 2.25. The lowest BCUT2D eigenvalue weighted by atomic mass is 10.1. The lowest BCUT2D eigenvalue weighted by molar-refractivity contribution is -0.121. The number of carbonyl (C=O) groups is 1. The summed E-state index contributed by atoms with van der Waals surface area (Å²) in [6.07, 6.45) is 4.42. The van der Waals surface area contributed by atoms with E-state index in [1.54, 1.807) is 14.0 Å². The van der Waals surface area contributed by atoms with Crippen molar-refractivity contribution in [2.75, 3.05) is 7.11 Å². The Hall–Kier alpha value is -1.36. The monoisotopic (exact) mass is 323 g/mol. The van der Waals surface area contributed by atoms with Crippen molar-refractivity contribution in [2.45, 2.75) is 56.6 Å². The van der Waals surface area contributed by atoms with Crippen LogP contribution in [0, 0.1) is 6.92 Å². The quantitative estimate of drug-likeness (QED) is 0.876. The van der Waals surface area contributed by atoms with Gasteiger partial charge in [-0.2, -0.15) is 0 Å². The molecule has 122 valence electrons. The molecule has 0 radical (unpaired) electrons. The number of ether oxygens (including phenoxy) is 1. The molecule has 0 aliphatic heterocycles. The van der Waals surface area contributed by atoms with E-state index in [1.165, 1.54) is 12.8 Å². The van der Waals surface area contributed by atoms with Crippen LogP contribution in [0.5, 0.6) is 5.75 Å². The zero-order valence-corrected chi connectivity index (χ0v) is 14.4. The van der Waals surface area contributed by atoms with Crippen LogP contribution in [0.4, 0.5) is 0 Å². The summed E-state index contributed by atoms with van der Waals surface area (Å²) in [5.74, 6) is 0.962. The lowest BCUT2D eigenvalue weighted by Gasteiger charge is -2.17. The number of aryl methyl sites for hydroxylation is 1. The molecule has 1 N–H and O–H groups in total. The third-order valence-electron chi connectivity index (χ3n) is 4.20. The number of amides is 1. The molecule has 1 aliphatic rings. The summed E-state index contributed by atoms with van der Waals surface area (Å²) in [5, 5.41) is 2.51. The van der Waals surface area contributed by atoms with Crippen molar-refractivity contribution in [1.82, 2.24) is 5.32 Å². The second-order valence-electron chi connectivity index (χ2n) is 5.97. The highest BCUT2D eigenvalue weighted by molar-refractivity contribution is 7.85. The smallest absolute Gasteiger partial charge is 0.235 e. The van der Waals surface area contributed by atoms with Gasteiger partial charge in [0, 0.05) is 22.4 Å². The summed E-state index contributed by atoms with van der Waals surface area (Å²) in [7, 11) is 0.346. The Morgan fingerprint density at radius 3 is 2.73 bits per heavy atom. The van der Waals surface area contributed by atoms with Crippen molar-refractivity contribution >= 4 is 16.7 Å². The highest BCUT2D eigenvalue weighted by Crippen LogP contribution is 2.22. The highest BCUT2D eigenvalue weighted by atomic mass is 32.2. The predicted molar refractivity (Wildman–Crippen MR) is 89.4 cm³/mol. The van der Waals surface area contributed by atoms with Crippen molar-refractivity contribution in [1.29, 1.82) is 0 Å². The Bertz CT molecular complexity index is 553. The van der Waals surface area contributed by atoms with Gasteiger partial charge in [0.1, 0.15) is 11.0 Å². The van der Waals surface area contributed by atoms with Crippen molar-refractivity contribution in [3.8, 4) is 5.75 Å². The summed E-state index contributed by atoms with van der Waals surface area (Å²) in [4.78, 5) is 12.2. The van der Waals surface area contributed by atoms with Gasteiger partial charge in [-0.3, -0.25) is 9.00 Å². The Morgan fingerprint density at radius 1 is 1.41 bits per heavy atom. The maximum atomic E-state index is 12.5. The number of methoxy groups -OCH3 is 1. The lowest BCUT2D eigenvalue weighted by Crippen LogP contribution is -2.40. The van der Waals surface area contributed by atoms with Gasteiger partial charge >= 0.3 is 0 Å². The minimum Gasteiger partial charge on any atom is -0.496 e. The molecule has 0 heterocycles. The molecule has 1 aromatic carbocycles. The summed E-state index contributed by atoms with van der Waals surface area (Å²) >= 11 is 0. The second kappa shape index (κ2) is 7.77. The molecule has 22 heavy (non-hydrogen) atoms. The van der Waals surface area contributed by atoms with Gasteiger partial charge in [-0.05, 0) is 32.8 Å². The van der Waals surface area contributed by atoms with Crippen molar-refractivity contribution in [3.05, 3.63) is 29.3 Å². The third-order valence-corrected chi connectivity index (χ3v) is 5.80. The van der Waals surface area contributed by atoms with E-state index in [9.17, 15) is 9.00 Å². The summed E-state index contributed by atoms with van der Waals surface area (Å²) in [6.45, 7) is 3.73. The number of hydrogen-bond acceptors (Lipinski definition) is 3. The molecule has 1 saturated carbocycles. The number of carbonyl (C=O) groups excluding carboxylic acids is 1. The molecule has 2 rings (SSSR count). The first-order valence-electron chi connectivity index (χ1n) is 7.82. The zero-order chi connectivity index (χ0) is 16.1. The molecular formula is C17H25NO3S. The van der Waals surface area contributed by atoms with Gasteiger partial charge in [-0.1, -0.05) is 30.5 Å². The first kappa shape index (κ1) is 17.0. The first-order valence-corrected chi connectivity index (χ1v) is 9.20. The molecule has 5 heteroatoms. The molecule has 0 unspecified atom stereocenters. The van der Waals surface area contributed by atoms with Crippen LogP contribution in [0.3, 0.4) is 0 Å². The van der Waals surface area contributed by atoms with Crippen LogP contribution in [0.1, 0.15) is 43.7 Å². The standard InChI is InChI=1S/C17H25NO3S/c1-12-8-9-16(21-3)14(10-12)11-22(20)13(2)17(19)18-15-6-4-5-7-15/h8-10,13,15H,4-7,11H2,1-3H3,(H,18,19)/t13-,22-/m0/s1. The van der Waals surface area contributed by atoms with E-state index >= 15 is 0 Å². The average Bonchev–Trinajstić information content (AvgIpc) is 2.99. The SMILES string of the molecule is COc1ccc(C)cc1C[S@](=O)[C@@H](C)C(=O)NC1CCCC1. The number of nitrogens with one attached hydrogen (secondary N) is 1. The van der Waals surface area contributed by atoms with Crippen LogP contribution in [-0.2, 0) is 21.3 Å². The Kier molecular flexibility index (Phi) is 6.00. The Balaban J connectivity index is 1.98. The van der Waals surface area contributed by atoms with E-state index in [4.69, 9.17) is 4.74 Å². The maximum Gasteiger partial charge on any atom is 0.235 e. The van der Waals surface area contributed by atoms with E-state index in [1.807, 2.05) is 25.1 Å². The van der Waals surface area contributed by atoms with E-state index < -0.39 is 16.0 Å². The second-order valence-corrected chi connectivity index (χ2v) is 7.73. The molecule has 1 amide bonds. The van der Waals surface area contributed by atoms with E-state index in [2.05, 4.69) is 5.32 Å². The third kappa shape index (κ3) is 4.32. The van der Waals surface area contributed by atoms with E-state index in [-0.39, 0.29) is 11.9 Å². The molecule has 0 spiro atoms. The first-order chi connectivity index (χ1) is 10.5. The van der Waals surface area contributed by atoms with Crippen molar-refractivity contribution in [2.24, 2.45) is 0 Å². The molecular weight excluding hydrogens is 298 g/mol. The fourth-order valence-electron chi connectivity index (χ4n) is 2.81. The van der Waals surface area contributed by atoms with Crippen LogP contribution in [0.25, 0.3) is 0 Å². The largest absolute Gasteiger partial charge is 0.496 e. The normalized spacial score (nSPS) is 18.0. The van der Waals surface area contributed by atoms with Gasteiger partial charge < -0.3 is 10.1 Å². The van der Waals surface area contributed by atoms with Gasteiger partial charge in [0.15, 0.2) is 0 Å². The molecule has 2 atom stereocenters. The van der Waals surface area contributed by atoms with Crippen molar-refractivity contribution in [3.63, 3.8) is 0 Å². The van der Waals surface area contributed by atoms with Gasteiger partial charge in [-0.25, -0.2) is 0 Å². The van der Waals surface area contributed by atoms with E-state index in [0.717, 1.165) is 29.7 Å². The number of benzene rings is 1. The fourth-order valence-corrected chi connectivity index (χ4v) is 3.90. The molecule has 1 fully saturated rings. The zero-order valence-electron chi connectivity index (χ0n) is 13.6. The summed E-state index contributed by atoms with van der Waals surface area (Å²) in [6, 6.07) is 6.07. The fraction of sp³-hybridized carbons (Fsp3) is 0.588. The number of hydrogen-bond donors (Lipinski definition) is 1. The Labute approximate surface area is 135 Å². The predicted octanol–water partition coefficient (Wildman–Crippen LogP) is 2.70. The van der Waals surface area contributed by atoms with Crippen LogP contribution >= 0.6 is 0 Å². The van der Waals surface area contributed by atoms with Crippen LogP contribution in [-0.4, -0.2) is 28.5 Å². The molecule has 1 aromatic rings. The maximum absolute atomic E-state index is 12.5.